The number of fused-ring (bicyclic) bond motifs is 9. The van der Waals surface area contributed by atoms with Gasteiger partial charge in [-0.3, -0.25) is 0 Å². The van der Waals surface area contributed by atoms with Gasteiger partial charge in [-0.2, -0.15) is 0 Å². The minimum absolute atomic E-state index is 0.456. The van der Waals surface area contributed by atoms with E-state index in [0.29, 0.717) is 0 Å². The van der Waals surface area contributed by atoms with Crippen LogP contribution in [0.25, 0.3) is 22.3 Å². The predicted molar refractivity (Wildman–Crippen MR) is 188 cm³/mol. The third-order valence-corrected chi connectivity index (χ3v) is 11.8. The van der Waals surface area contributed by atoms with Crippen LogP contribution in [0.4, 0.5) is 0 Å². The number of para-hydroxylation sites is 1. The summed E-state index contributed by atoms with van der Waals surface area (Å²) in [4.78, 5) is 0. The lowest BCUT2D eigenvalue weighted by Crippen LogP contribution is -2.32. The Kier molecular flexibility index (Phi) is 6.08. The van der Waals surface area contributed by atoms with E-state index in [0.717, 1.165) is 11.5 Å². The molecule has 1 aliphatic heterocycles. The first-order valence-electron chi connectivity index (χ1n) is 15.4. The minimum atomic E-state index is -0.655. The van der Waals surface area contributed by atoms with E-state index in [4.69, 9.17) is 4.74 Å². The number of hydrogen-bond donors (Lipinski definition) is 0. The third kappa shape index (κ3) is 3.98. The predicted octanol–water partition coefficient (Wildman–Crippen LogP) is 9.58. The van der Waals surface area contributed by atoms with Crippen molar-refractivity contribution in [2.45, 2.75) is 5.41 Å². The van der Waals surface area contributed by atoms with Crippen LogP contribution in [0.15, 0.2) is 176 Å². The van der Waals surface area contributed by atoms with Crippen LogP contribution in [0.3, 0.4) is 0 Å². The molecule has 1 aliphatic carbocycles. The average Bonchev–Trinajstić information content (AvgIpc) is 3.41. The number of ether oxygens (including phenoxy) is 1. The molecule has 9 rings (SSSR count). The number of rotatable bonds is 4. The van der Waals surface area contributed by atoms with Crippen molar-refractivity contribution in [3.05, 3.63) is 198 Å². The smallest absolute Gasteiger partial charge is 0.132 e. The molecule has 0 aromatic heterocycles. The summed E-state index contributed by atoms with van der Waals surface area (Å²) < 4.78 is 6.64. The quantitative estimate of drug-likeness (QED) is 0.185. The fourth-order valence-corrected chi connectivity index (χ4v) is 9.72. The van der Waals surface area contributed by atoms with Gasteiger partial charge in [-0.1, -0.05) is 158 Å². The topological polar surface area (TPSA) is 9.23 Å². The van der Waals surface area contributed by atoms with Crippen LogP contribution in [0.1, 0.15) is 22.3 Å². The van der Waals surface area contributed by atoms with Gasteiger partial charge in [-0.05, 0) is 75.4 Å². The van der Waals surface area contributed by atoms with Crippen molar-refractivity contribution in [3.8, 4) is 33.8 Å². The monoisotopic (exact) mass is 592 g/mol. The van der Waals surface area contributed by atoms with Crippen LogP contribution in [0.2, 0.25) is 0 Å². The largest absolute Gasteiger partial charge is 0.457 e. The Labute approximate surface area is 265 Å². The van der Waals surface area contributed by atoms with Crippen LogP contribution in [-0.4, -0.2) is 0 Å². The van der Waals surface area contributed by atoms with Gasteiger partial charge in [0.2, 0.25) is 0 Å². The standard InChI is InChI=1S/C43H29OP/c1-3-13-32(14-4-1)45(33-15-5-2-6-16-33)34-26-23-30(24-27-34)31-25-28-42-40(29-31)43(39-21-11-12-22-41(39)44-42)37-19-9-7-17-35(37)36-18-8-10-20-38(36)43/h1-29H. The molecule has 0 fully saturated rings. The highest BCUT2D eigenvalue weighted by molar-refractivity contribution is 7.79. The van der Waals surface area contributed by atoms with Gasteiger partial charge in [0.15, 0.2) is 0 Å². The van der Waals surface area contributed by atoms with Gasteiger partial charge in [0.1, 0.15) is 11.5 Å². The van der Waals surface area contributed by atoms with Gasteiger partial charge in [0, 0.05) is 11.1 Å². The molecule has 0 radical (unpaired) electrons. The fourth-order valence-electron chi connectivity index (χ4n) is 7.44. The zero-order valence-electron chi connectivity index (χ0n) is 24.6. The highest BCUT2D eigenvalue weighted by atomic mass is 31.1. The summed E-state index contributed by atoms with van der Waals surface area (Å²) in [6, 6.07) is 64.1. The van der Waals surface area contributed by atoms with Crippen molar-refractivity contribution in [2.24, 2.45) is 0 Å². The molecule has 0 atom stereocenters. The van der Waals surface area contributed by atoms with Gasteiger partial charge >= 0.3 is 0 Å². The van der Waals surface area contributed by atoms with Gasteiger partial charge in [0.05, 0.1) is 5.41 Å². The zero-order valence-corrected chi connectivity index (χ0v) is 25.5. The molecule has 45 heavy (non-hydrogen) atoms. The summed E-state index contributed by atoms with van der Waals surface area (Å²) in [7, 11) is -0.655. The van der Waals surface area contributed by atoms with Crippen molar-refractivity contribution >= 4 is 23.8 Å². The molecule has 7 aromatic rings. The van der Waals surface area contributed by atoms with Crippen LogP contribution < -0.4 is 20.7 Å². The van der Waals surface area contributed by atoms with Crippen molar-refractivity contribution < 1.29 is 4.74 Å². The maximum atomic E-state index is 6.64. The Morgan fingerprint density at radius 1 is 0.356 bits per heavy atom. The molecule has 2 aliphatic rings. The van der Waals surface area contributed by atoms with Crippen molar-refractivity contribution in [1.82, 2.24) is 0 Å². The molecule has 1 nitrogen and oxygen atoms in total. The Morgan fingerprint density at radius 2 is 0.822 bits per heavy atom. The molecule has 0 saturated heterocycles. The number of benzene rings is 7. The summed E-state index contributed by atoms with van der Waals surface area (Å²) in [6.07, 6.45) is 0. The van der Waals surface area contributed by atoms with Crippen LogP contribution >= 0.6 is 7.92 Å². The second-order valence-electron chi connectivity index (χ2n) is 11.7. The summed E-state index contributed by atoms with van der Waals surface area (Å²) in [5.74, 6) is 1.83. The van der Waals surface area contributed by atoms with E-state index in [-0.39, 0.29) is 0 Å². The molecule has 0 N–H and O–H groups in total. The van der Waals surface area contributed by atoms with E-state index < -0.39 is 13.3 Å². The fraction of sp³-hybridized carbons (Fsp3) is 0.0233. The van der Waals surface area contributed by atoms with Crippen molar-refractivity contribution in [1.29, 1.82) is 0 Å². The lowest BCUT2D eigenvalue weighted by atomic mass is 9.66. The Hall–Kier alpha value is -5.23. The first-order chi connectivity index (χ1) is 22.3. The van der Waals surface area contributed by atoms with E-state index in [2.05, 4.69) is 176 Å². The zero-order chi connectivity index (χ0) is 29.8. The molecule has 7 aromatic carbocycles. The third-order valence-electron chi connectivity index (χ3n) is 9.33. The van der Waals surface area contributed by atoms with Crippen molar-refractivity contribution in [2.75, 3.05) is 0 Å². The molecule has 212 valence electrons. The van der Waals surface area contributed by atoms with Gasteiger partial charge < -0.3 is 4.74 Å². The molecule has 1 spiro atoms. The van der Waals surface area contributed by atoms with E-state index in [1.165, 1.54) is 60.4 Å². The normalized spacial score (nSPS) is 13.4. The molecule has 0 saturated carbocycles. The van der Waals surface area contributed by atoms with E-state index in [1.54, 1.807) is 0 Å². The summed E-state index contributed by atoms with van der Waals surface area (Å²) in [6.45, 7) is 0. The van der Waals surface area contributed by atoms with Gasteiger partial charge in [-0.25, -0.2) is 0 Å². The first-order valence-corrected chi connectivity index (χ1v) is 16.8. The summed E-state index contributed by atoms with van der Waals surface area (Å²) in [5, 5.41) is 4.06. The molecule has 0 bridgehead atoms. The lowest BCUT2D eigenvalue weighted by Gasteiger charge is -2.39. The number of hydrogen-bond acceptors (Lipinski definition) is 1. The second kappa shape index (κ2) is 10.4. The lowest BCUT2D eigenvalue weighted by molar-refractivity contribution is 0.436. The van der Waals surface area contributed by atoms with Crippen LogP contribution in [0.5, 0.6) is 11.5 Å². The average molecular weight is 593 g/mol. The summed E-state index contributed by atoms with van der Waals surface area (Å²) >= 11 is 0. The maximum absolute atomic E-state index is 6.64. The molecule has 2 heteroatoms. The second-order valence-corrected chi connectivity index (χ2v) is 13.9. The van der Waals surface area contributed by atoms with E-state index in [9.17, 15) is 0 Å². The molecular formula is C43H29OP. The van der Waals surface area contributed by atoms with Crippen LogP contribution in [-0.2, 0) is 5.41 Å². The van der Waals surface area contributed by atoms with Crippen molar-refractivity contribution in [3.63, 3.8) is 0 Å². The van der Waals surface area contributed by atoms with Gasteiger partial charge in [-0.15, -0.1) is 0 Å². The molecular weight excluding hydrogens is 563 g/mol. The Morgan fingerprint density at radius 3 is 1.44 bits per heavy atom. The SMILES string of the molecule is c1ccc(P(c2ccccc2)c2ccc(-c3ccc4c(c3)C3(c5ccccc5O4)c4ccccc4-c4ccccc43)cc2)cc1. The van der Waals surface area contributed by atoms with E-state index >= 15 is 0 Å². The molecule has 0 amide bonds. The Balaban J connectivity index is 1.21. The summed E-state index contributed by atoms with van der Waals surface area (Å²) in [5.41, 5.74) is 9.53. The maximum Gasteiger partial charge on any atom is 0.132 e. The Bertz CT molecular complexity index is 2100. The van der Waals surface area contributed by atoms with Crippen LogP contribution in [0, 0.1) is 0 Å². The highest BCUT2D eigenvalue weighted by Gasteiger charge is 2.50. The minimum Gasteiger partial charge on any atom is -0.457 e. The van der Waals surface area contributed by atoms with Gasteiger partial charge in [0.25, 0.3) is 0 Å². The van der Waals surface area contributed by atoms with E-state index in [1.807, 2.05) is 0 Å². The molecule has 0 unspecified atom stereocenters. The first kappa shape index (κ1) is 26.2. The molecule has 1 heterocycles. The highest BCUT2D eigenvalue weighted by Crippen LogP contribution is 2.62.